The van der Waals surface area contributed by atoms with Crippen molar-refractivity contribution in [3.05, 3.63) is 0 Å². The van der Waals surface area contributed by atoms with Crippen molar-refractivity contribution in [3.8, 4) is 0 Å². The Hall–Kier alpha value is -0.460. The number of aliphatic carboxylic acids is 1. The predicted molar refractivity (Wildman–Crippen MR) is 37.1 cm³/mol. The smallest absolute Gasteiger partial charge is 0.356 e. The molecule has 0 aliphatic rings. The molecule has 0 amide bonds. The molecule has 0 radical (unpaired) electrons. The van der Waals surface area contributed by atoms with Crippen molar-refractivity contribution in [2.24, 2.45) is 0 Å². The maximum absolute atomic E-state index is 9.77. The van der Waals surface area contributed by atoms with Crippen molar-refractivity contribution in [2.45, 2.75) is 0 Å². The topological polar surface area (TPSA) is 85.0 Å². The second kappa shape index (κ2) is 2.75. The highest BCUT2D eigenvalue weighted by atomic mass is 127. The highest BCUT2D eigenvalue weighted by Crippen LogP contribution is 1.87. The zero-order valence-electron chi connectivity index (χ0n) is 3.73. The summed E-state index contributed by atoms with van der Waals surface area (Å²) in [5.74, 6) is -1.36. The predicted octanol–water partition coefficient (Wildman–Crippen LogP) is 0.503. The van der Waals surface area contributed by atoms with Crippen LogP contribution in [0.2, 0.25) is 0 Å². The van der Waals surface area contributed by atoms with Crippen LogP contribution in [-0.4, -0.2) is 20.5 Å². The summed E-state index contributed by atoms with van der Waals surface area (Å²) in [7, 11) is 0. The Bertz CT molecular complexity index is 137. The summed E-state index contributed by atoms with van der Waals surface area (Å²) in [5, 5.41) is 21.2. The number of hydrogen-bond donors (Lipinski definition) is 3. The van der Waals surface area contributed by atoms with Crippen molar-refractivity contribution in [3.63, 3.8) is 0 Å². The van der Waals surface area contributed by atoms with Crippen LogP contribution in [0.15, 0.2) is 0 Å². The molecule has 8 heavy (non-hydrogen) atoms. The first-order valence-corrected chi connectivity index (χ1v) is 2.70. The van der Waals surface area contributed by atoms with Crippen molar-refractivity contribution < 1.29 is 9.90 Å². The standard InChI is InChI=1S/C3H3IN2O2/c4-2(6)1(5)3(7)8/h5-6H,(H,7,8). The lowest BCUT2D eigenvalue weighted by atomic mass is 10.4. The van der Waals surface area contributed by atoms with Gasteiger partial charge in [0.2, 0.25) is 0 Å². The van der Waals surface area contributed by atoms with Gasteiger partial charge >= 0.3 is 5.97 Å². The minimum absolute atomic E-state index is 0.255. The van der Waals surface area contributed by atoms with Gasteiger partial charge in [-0.3, -0.25) is 10.8 Å². The Morgan fingerprint density at radius 3 is 1.88 bits per heavy atom. The molecule has 0 spiro atoms. The molecular formula is C3H3IN2O2. The van der Waals surface area contributed by atoms with Crippen LogP contribution >= 0.6 is 22.6 Å². The van der Waals surface area contributed by atoms with E-state index in [-0.39, 0.29) is 3.72 Å². The summed E-state index contributed by atoms with van der Waals surface area (Å²) in [6, 6.07) is 0. The minimum atomic E-state index is -1.36. The summed E-state index contributed by atoms with van der Waals surface area (Å²) < 4.78 is -0.255. The van der Waals surface area contributed by atoms with Gasteiger partial charge in [-0.05, 0) is 22.6 Å². The molecular weight excluding hydrogens is 223 g/mol. The lowest BCUT2D eigenvalue weighted by Crippen LogP contribution is -2.16. The molecule has 5 heteroatoms. The van der Waals surface area contributed by atoms with E-state index in [9.17, 15) is 4.79 Å². The Morgan fingerprint density at radius 2 is 1.88 bits per heavy atom. The van der Waals surface area contributed by atoms with Crippen molar-refractivity contribution in [2.75, 3.05) is 0 Å². The van der Waals surface area contributed by atoms with Crippen molar-refractivity contribution in [1.82, 2.24) is 0 Å². The number of carboxylic acid groups (broad SMARTS) is 1. The van der Waals surface area contributed by atoms with Gasteiger partial charge in [-0.2, -0.15) is 0 Å². The molecule has 0 aliphatic heterocycles. The lowest BCUT2D eigenvalue weighted by Gasteiger charge is -1.87. The van der Waals surface area contributed by atoms with Gasteiger partial charge in [0.25, 0.3) is 0 Å². The molecule has 0 saturated carbocycles. The number of carboxylic acids is 1. The molecule has 0 aliphatic carbocycles. The van der Waals surface area contributed by atoms with E-state index >= 15 is 0 Å². The van der Waals surface area contributed by atoms with Gasteiger partial charge in [0, 0.05) is 0 Å². The summed E-state index contributed by atoms with van der Waals surface area (Å²) in [4.78, 5) is 9.77. The molecule has 0 atom stereocenters. The molecule has 0 unspecified atom stereocenters. The number of carbonyl (C=O) groups is 1. The van der Waals surface area contributed by atoms with Crippen LogP contribution in [0.5, 0.6) is 0 Å². The monoisotopic (exact) mass is 226 g/mol. The number of rotatable bonds is 2. The molecule has 0 aromatic heterocycles. The van der Waals surface area contributed by atoms with Gasteiger partial charge < -0.3 is 5.11 Å². The molecule has 0 saturated heterocycles. The highest BCUT2D eigenvalue weighted by molar-refractivity contribution is 14.1. The van der Waals surface area contributed by atoms with Crippen LogP contribution in [0.25, 0.3) is 0 Å². The fourth-order valence-corrected chi connectivity index (χ4v) is 0.325. The van der Waals surface area contributed by atoms with E-state index in [0.717, 1.165) is 0 Å². The first-order valence-electron chi connectivity index (χ1n) is 1.62. The van der Waals surface area contributed by atoms with Gasteiger partial charge in [-0.25, -0.2) is 4.79 Å². The molecule has 0 heterocycles. The Labute approximate surface area is 59.1 Å². The molecule has 0 rings (SSSR count). The fraction of sp³-hybridized carbons (Fsp3) is 0. The first kappa shape index (κ1) is 7.54. The van der Waals surface area contributed by atoms with Crippen LogP contribution in [0.1, 0.15) is 0 Å². The van der Waals surface area contributed by atoms with Gasteiger partial charge in [0.1, 0.15) is 3.72 Å². The summed E-state index contributed by atoms with van der Waals surface area (Å²) in [6.07, 6.45) is 0. The third-order valence-electron chi connectivity index (χ3n) is 0.433. The molecule has 44 valence electrons. The van der Waals surface area contributed by atoms with E-state index in [2.05, 4.69) is 0 Å². The summed E-state index contributed by atoms with van der Waals surface area (Å²) in [5.41, 5.74) is -0.661. The van der Waals surface area contributed by atoms with E-state index in [0.29, 0.717) is 0 Å². The maximum Gasteiger partial charge on any atom is 0.356 e. The fourth-order valence-electron chi connectivity index (χ4n) is 0.0939. The van der Waals surface area contributed by atoms with Crippen LogP contribution < -0.4 is 0 Å². The zero-order valence-corrected chi connectivity index (χ0v) is 5.89. The number of nitrogens with one attached hydrogen (secondary N) is 2. The van der Waals surface area contributed by atoms with Crippen LogP contribution in [-0.2, 0) is 4.79 Å². The van der Waals surface area contributed by atoms with Gasteiger partial charge in [0.15, 0.2) is 5.71 Å². The summed E-state index contributed by atoms with van der Waals surface area (Å²) in [6.45, 7) is 0. The Balaban J connectivity index is 4.05. The summed E-state index contributed by atoms with van der Waals surface area (Å²) >= 11 is 1.46. The van der Waals surface area contributed by atoms with Crippen LogP contribution in [0.3, 0.4) is 0 Å². The van der Waals surface area contributed by atoms with Crippen molar-refractivity contribution in [1.29, 1.82) is 10.8 Å². The zero-order chi connectivity index (χ0) is 6.73. The highest BCUT2D eigenvalue weighted by Gasteiger charge is 2.08. The second-order valence-electron chi connectivity index (χ2n) is 0.994. The van der Waals surface area contributed by atoms with Crippen LogP contribution in [0.4, 0.5) is 0 Å². The second-order valence-corrected chi connectivity index (χ2v) is 2.07. The largest absolute Gasteiger partial charge is 0.476 e. The number of hydrogen-bond acceptors (Lipinski definition) is 3. The average molecular weight is 226 g/mol. The minimum Gasteiger partial charge on any atom is -0.476 e. The van der Waals surface area contributed by atoms with Gasteiger partial charge in [-0.1, -0.05) is 0 Å². The van der Waals surface area contributed by atoms with Crippen LogP contribution in [0, 0.1) is 10.8 Å². The molecule has 3 N–H and O–H groups in total. The third-order valence-corrected chi connectivity index (χ3v) is 0.973. The number of halogens is 1. The van der Waals surface area contributed by atoms with E-state index in [4.69, 9.17) is 15.9 Å². The quantitative estimate of drug-likeness (QED) is 0.473. The van der Waals surface area contributed by atoms with E-state index in [1.54, 1.807) is 0 Å². The lowest BCUT2D eigenvalue weighted by molar-refractivity contribution is -0.129. The maximum atomic E-state index is 9.77. The molecule has 0 aromatic rings. The van der Waals surface area contributed by atoms with Gasteiger partial charge in [-0.15, -0.1) is 0 Å². The SMILES string of the molecule is N=C(I)C(=N)C(=O)O. The molecule has 0 aromatic carbocycles. The Morgan fingerprint density at radius 1 is 1.50 bits per heavy atom. The van der Waals surface area contributed by atoms with E-state index < -0.39 is 11.7 Å². The van der Waals surface area contributed by atoms with Gasteiger partial charge in [0.05, 0.1) is 0 Å². The average Bonchev–Trinajstić information content (AvgIpc) is 1.64. The molecule has 0 bridgehead atoms. The normalized spacial score (nSPS) is 8.12. The van der Waals surface area contributed by atoms with Crippen molar-refractivity contribution >= 4 is 38.0 Å². The molecule has 0 fully saturated rings. The van der Waals surface area contributed by atoms with E-state index in [1.165, 1.54) is 22.6 Å². The van der Waals surface area contributed by atoms with E-state index in [1.807, 2.05) is 0 Å². The first-order chi connectivity index (χ1) is 3.55. The molecule has 4 nitrogen and oxygen atoms in total. The Kier molecular flexibility index (Phi) is 2.59. The third kappa shape index (κ3) is 2.01.